The van der Waals surface area contributed by atoms with Crippen molar-refractivity contribution >= 4 is 51.9 Å². The number of nitrogens with one attached hydrogen (secondary N) is 2. The molecule has 134 valence electrons. The van der Waals surface area contributed by atoms with Crippen LogP contribution in [0.3, 0.4) is 0 Å². The van der Waals surface area contributed by atoms with Gasteiger partial charge < -0.3 is 19.9 Å². The van der Waals surface area contributed by atoms with E-state index in [0.29, 0.717) is 33.1 Å². The maximum atomic E-state index is 11.6. The summed E-state index contributed by atoms with van der Waals surface area (Å²) in [4.78, 5) is 16.8. The number of hydrogen-bond donors (Lipinski definition) is 2. The van der Waals surface area contributed by atoms with Crippen LogP contribution < -0.4 is 10.6 Å². The molecule has 1 aromatic carbocycles. The summed E-state index contributed by atoms with van der Waals surface area (Å²) in [6.45, 7) is 0.249. The Kier molecular flexibility index (Phi) is 5.82. The van der Waals surface area contributed by atoms with Crippen molar-refractivity contribution in [2.24, 2.45) is 0 Å². The minimum Gasteiger partial charge on any atom is -0.465 e. The van der Waals surface area contributed by atoms with Gasteiger partial charge in [-0.1, -0.05) is 22.8 Å². The fourth-order valence-electron chi connectivity index (χ4n) is 2.02. The topological polar surface area (TPSA) is 89.3 Å². The molecule has 26 heavy (non-hydrogen) atoms. The number of benzene rings is 1. The fraction of sp³-hybridized carbons (Fsp3) is 0.125. The van der Waals surface area contributed by atoms with Gasteiger partial charge in [-0.15, -0.1) is 11.3 Å². The van der Waals surface area contributed by atoms with Crippen molar-refractivity contribution in [3.63, 3.8) is 0 Å². The van der Waals surface area contributed by atoms with Gasteiger partial charge in [0.1, 0.15) is 0 Å². The Morgan fingerprint density at radius 3 is 3.00 bits per heavy atom. The van der Waals surface area contributed by atoms with Gasteiger partial charge >= 0.3 is 5.97 Å². The first-order valence-electron chi connectivity index (χ1n) is 7.36. The van der Waals surface area contributed by atoms with Gasteiger partial charge in [0.15, 0.2) is 5.11 Å². The van der Waals surface area contributed by atoms with Crippen molar-refractivity contribution in [1.82, 2.24) is 15.5 Å². The molecule has 0 bridgehead atoms. The van der Waals surface area contributed by atoms with Gasteiger partial charge in [-0.3, -0.25) is 0 Å². The first kappa shape index (κ1) is 18.3. The molecule has 0 fully saturated rings. The summed E-state index contributed by atoms with van der Waals surface area (Å²) in [7, 11) is 1.31. The molecule has 3 rings (SSSR count). The molecule has 7 nitrogen and oxygen atoms in total. The van der Waals surface area contributed by atoms with E-state index in [2.05, 4.69) is 25.5 Å². The monoisotopic (exact) mass is 408 g/mol. The maximum absolute atomic E-state index is 11.6. The van der Waals surface area contributed by atoms with Gasteiger partial charge in [-0.05, 0) is 41.9 Å². The highest BCUT2D eigenvalue weighted by atomic mass is 35.5. The zero-order chi connectivity index (χ0) is 18.5. The SMILES string of the molecule is COC(=O)c1ccc(Cl)c(NC(=S)NCc2nc(-c3cccs3)no2)c1. The smallest absolute Gasteiger partial charge is 0.337 e. The van der Waals surface area contributed by atoms with Crippen molar-refractivity contribution in [3.8, 4) is 10.7 Å². The first-order chi connectivity index (χ1) is 12.6. The Bertz CT molecular complexity index is 927. The Balaban J connectivity index is 1.60. The van der Waals surface area contributed by atoms with Gasteiger partial charge in [0.2, 0.25) is 11.7 Å². The number of halogens is 1. The molecule has 2 aromatic heterocycles. The van der Waals surface area contributed by atoms with E-state index in [-0.39, 0.29) is 6.54 Å². The Labute approximate surface area is 163 Å². The number of anilines is 1. The summed E-state index contributed by atoms with van der Waals surface area (Å²) >= 11 is 12.9. The lowest BCUT2D eigenvalue weighted by Crippen LogP contribution is -2.28. The molecule has 0 aliphatic rings. The zero-order valence-electron chi connectivity index (χ0n) is 13.5. The highest BCUT2D eigenvalue weighted by Crippen LogP contribution is 2.24. The van der Waals surface area contributed by atoms with Crippen LogP contribution in [0.25, 0.3) is 10.7 Å². The summed E-state index contributed by atoms with van der Waals surface area (Å²) in [5.41, 5.74) is 0.844. The predicted octanol–water partition coefficient (Wildman–Crippen LogP) is 3.72. The molecule has 0 atom stereocenters. The third-order valence-electron chi connectivity index (χ3n) is 3.25. The number of thiocarbonyl (C=S) groups is 1. The van der Waals surface area contributed by atoms with Gasteiger partial charge in [0.05, 0.1) is 34.8 Å². The second-order valence-electron chi connectivity index (χ2n) is 4.98. The van der Waals surface area contributed by atoms with Crippen LogP contribution in [0.5, 0.6) is 0 Å². The lowest BCUT2D eigenvalue weighted by atomic mass is 10.2. The van der Waals surface area contributed by atoms with E-state index in [1.807, 2.05) is 17.5 Å². The number of carbonyl (C=O) groups is 1. The quantitative estimate of drug-likeness (QED) is 0.487. The number of rotatable bonds is 5. The lowest BCUT2D eigenvalue weighted by Gasteiger charge is -2.11. The molecule has 0 amide bonds. The van der Waals surface area contributed by atoms with Crippen LogP contribution in [0.2, 0.25) is 5.02 Å². The number of carbonyl (C=O) groups excluding carboxylic acids is 1. The average Bonchev–Trinajstić information content (AvgIpc) is 3.32. The second kappa shape index (κ2) is 8.26. The summed E-state index contributed by atoms with van der Waals surface area (Å²) in [5.74, 6) is 0.465. The van der Waals surface area contributed by atoms with Crippen LogP contribution in [-0.4, -0.2) is 28.3 Å². The summed E-state index contributed by atoms with van der Waals surface area (Å²) in [6, 6.07) is 8.54. The average molecular weight is 409 g/mol. The molecule has 0 aliphatic carbocycles. The van der Waals surface area contributed by atoms with Gasteiger partial charge in [-0.25, -0.2) is 4.79 Å². The highest BCUT2D eigenvalue weighted by Gasteiger charge is 2.12. The summed E-state index contributed by atoms with van der Waals surface area (Å²) in [5, 5.41) is 12.5. The minimum atomic E-state index is -0.462. The zero-order valence-corrected chi connectivity index (χ0v) is 15.9. The third-order valence-corrected chi connectivity index (χ3v) is 4.69. The standard InChI is InChI=1S/C16H13ClN4O3S2/c1-23-15(22)9-4-5-10(17)11(7-9)19-16(25)18-8-13-20-14(21-24-13)12-3-2-6-26-12/h2-7H,8H2,1H3,(H2,18,19,25). The Morgan fingerprint density at radius 2 is 2.27 bits per heavy atom. The molecular formula is C16H13ClN4O3S2. The first-order valence-corrected chi connectivity index (χ1v) is 9.02. The van der Waals surface area contributed by atoms with E-state index in [0.717, 1.165) is 4.88 Å². The molecule has 0 unspecified atom stereocenters. The van der Waals surface area contributed by atoms with Crippen LogP contribution in [0.15, 0.2) is 40.2 Å². The van der Waals surface area contributed by atoms with E-state index in [4.69, 9.17) is 28.3 Å². The normalized spacial score (nSPS) is 10.4. The molecule has 0 saturated heterocycles. The molecule has 0 radical (unpaired) electrons. The molecule has 2 heterocycles. The van der Waals surface area contributed by atoms with Crippen molar-refractivity contribution in [1.29, 1.82) is 0 Å². The Morgan fingerprint density at radius 1 is 1.42 bits per heavy atom. The molecule has 0 aliphatic heterocycles. The number of methoxy groups -OCH3 is 1. The molecule has 0 spiro atoms. The van der Waals surface area contributed by atoms with E-state index >= 15 is 0 Å². The van der Waals surface area contributed by atoms with Crippen molar-refractivity contribution < 1.29 is 14.1 Å². The third kappa shape index (κ3) is 4.37. The largest absolute Gasteiger partial charge is 0.465 e. The van der Waals surface area contributed by atoms with E-state index in [1.165, 1.54) is 18.4 Å². The van der Waals surface area contributed by atoms with Crippen LogP contribution in [0.4, 0.5) is 5.69 Å². The summed E-state index contributed by atoms with van der Waals surface area (Å²) in [6.07, 6.45) is 0. The van der Waals surface area contributed by atoms with E-state index in [1.54, 1.807) is 18.2 Å². The van der Waals surface area contributed by atoms with Gasteiger partial charge in [0, 0.05) is 0 Å². The number of aromatic nitrogens is 2. The molecule has 10 heteroatoms. The van der Waals surface area contributed by atoms with E-state index in [9.17, 15) is 4.79 Å². The Hall–Kier alpha value is -2.49. The predicted molar refractivity (Wildman–Crippen MR) is 103 cm³/mol. The van der Waals surface area contributed by atoms with Crippen LogP contribution in [0.1, 0.15) is 16.2 Å². The van der Waals surface area contributed by atoms with Crippen LogP contribution in [-0.2, 0) is 11.3 Å². The van der Waals surface area contributed by atoms with Crippen molar-refractivity contribution in [3.05, 3.63) is 52.2 Å². The maximum Gasteiger partial charge on any atom is 0.337 e. The minimum absolute atomic E-state index is 0.249. The van der Waals surface area contributed by atoms with Crippen molar-refractivity contribution in [2.45, 2.75) is 6.54 Å². The van der Waals surface area contributed by atoms with E-state index < -0.39 is 5.97 Å². The van der Waals surface area contributed by atoms with Gasteiger partial charge in [0.25, 0.3) is 0 Å². The van der Waals surface area contributed by atoms with Gasteiger partial charge in [-0.2, -0.15) is 4.98 Å². The number of ether oxygens (including phenoxy) is 1. The lowest BCUT2D eigenvalue weighted by molar-refractivity contribution is 0.0601. The number of hydrogen-bond acceptors (Lipinski definition) is 7. The number of esters is 1. The molecule has 3 aromatic rings. The number of thiophene rings is 1. The van der Waals surface area contributed by atoms with Crippen LogP contribution >= 0.6 is 35.2 Å². The molecule has 0 saturated carbocycles. The molecular weight excluding hydrogens is 396 g/mol. The van der Waals surface area contributed by atoms with Crippen LogP contribution in [0, 0.1) is 0 Å². The number of nitrogens with zero attached hydrogens (tertiary/aromatic N) is 2. The summed E-state index contributed by atoms with van der Waals surface area (Å²) < 4.78 is 9.88. The second-order valence-corrected chi connectivity index (χ2v) is 6.75. The van der Waals surface area contributed by atoms with Crippen molar-refractivity contribution in [2.75, 3.05) is 12.4 Å². The fourth-order valence-corrected chi connectivity index (χ4v) is 3.02. The molecule has 2 N–H and O–H groups in total. The highest BCUT2D eigenvalue weighted by molar-refractivity contribution is 7.80.